The molecule has 2 aromatic carbocycles. The summed E-state index contributed by atoms with van der Waals surface area (Å²) in [7, 11) is 0. The molecule has 4 N–H and O–H groups in total. The number of carbonyl (C=O) groups is 1. The number of benzene rings is 2. The number of H-pyrrole nitrogens is 1. The molecule has 1 heterocycles. The van der Waals surface area contributed by atoms with Gasteiger partial charge in [0.05, 0.1) is 13.2 Å². The number of hydrogen-bond acceptors (Lipinski definition) is 3. The fourth-order valence-electron chi connectivity index (χ4n) is 3.28. The van der Waals surface area contributed by atoms with Crippen LogP contribution in [0, 0.1) is 0 Å². The van der Waals surface area contributed by atoms with Crippen LogP contribution >= 0.6 is 0 Å². The van der Waals surface area contributed by atoms with Crippen molar-refractivity contribution >= 4 is 22.9 Å². The van der Waals surface area contributed by atoms with Crippen LogP contribution in [0.25, 0.3) is 17.0 Å². The molecule has 0 bridgehead atoms. The van der Waals surface area contributed by atoms with E-state index < -0.39 is 5.91 Å². The third kappa shape index (κ3) is 5.31. The number of fused-ring (bicyclic) bond motifs is 1. The van der Waals surface area contributed by atoms with Gasteiger partial charge >= 0.3 is 0 Å². The summed E-state index contributed by atoms with van der Waals surface area (Å²) in [6.07, 6.45) is 5.45. The molecule has 0 radical (unpaired) electrons. The Bertz CT molecular complexity index is 942. The van der Waals surface area contributed by atoms with Crippen LogP contribution in [0.4, 0.5) is 0 Å². The molecule has 5 heteroatoms. The second-order valence-corrected chi connectivity index (χ2v) is 6.73. The first kappa shape index (κ1) is 19.9. The summed E-state index contributed by atoms with van der Waals surface area (Å²) in [6.45, 7) is 1.35. The van der Waals surface area contributed by atoms with Crippen molar-refractivity contribution in [3.05, 3.63) is 77.0 Å². The molecule has 0 aliphatic carbocycles. The van der Waals surface area contributed by atoms with Gasteiger partial charge in [0.25, 0.3) is 0 Å². The quantitative estimate of drug-likeness (QED) is 0.373. The molecule has 3 aromatic rings. The van der Waals surface area contributed by atoms with Gasteiger partial charge in [0.2, 0.25) is 5.91 Å². The predicted molar refractivity (Wildman–Crippen MR) is 112 cm³/mol. The van der Waals surface area contributed by atoms with Gasteiger partial charge in [-0.1, -0.05) is 42.5 Å². The van der Waals surface area contributed by atoms with Crippen molar-refractivity contribution in [2.45, 2.75) is 25.9 Å². The summed E-state index contributed by atoms with van der Waals surface area (Å²) in [6, 6.07) is 16.1. The van der Waals surface area contributed by atoms with Gasteiger partial charge in [-0.3, -0.25) is 4.79 Å². The zero-order valence-electron chi connectivity index (χ0n) is 15.9. The van der Waals surface area contributed by atoms with Crippen LogP contribution in [-0.2, 0) is 29.0 Å². The Balaban J connectivity index is 1.57. The number of primary amides is 1. The molecule has 0 aliphatic rings. The molecule has 0 atom stereocenters. The molecule has 28 heavy (non-hydrogen) atoms. The number of aromatic nitrogens is 1. The fourth-order valence-corrected chi connectivity index (χ4v) is 3.28. The van der Waals surface area contributed by atoms with Crippen LogP contribution in [0.2, 0.25) is 0 Å². The number of aromatic amines is 1. The highest BCUT2D eigenvalue weighted by Crippen LogP contribution is 2.24. The predicted octanol–water partition coefficient (Wildman–Crippen LogP) is 3.35. The van der Waals surface area contributed by atoms with Crippen molar-refractivity contribution in [3.8, 4) is 0 Å². The topological polar surface area (TPSA) is 88.3 Å². The van der Waals surface area contributed by atoms with Gasteiger partial charge < -0.3 is 20.6 Å². The van der Waals surface area contributed by atoms with Gasteiger partial charge in [0.1, 0.15) is 0 Å². The first-order chi connectivity index (χ1) is 13.7. The number of nitrogens with one attached hydrogen (secondary N) is 1. The SMILES string of the molecule is NC(=O)/C=C/c1ccc(COCCc2c(CCCO)[nH]c3ccccc23)cc1. The van der Waals surface area contributed by atoms with Gasteiger partial charge in [-0.25, -0.2) is 0 Å². The van der Waals surface area contributed by atoms with E-state index in [1.807, 2.05) is 36.4 Å². The number of carbonyl (C=O) groups excluding carboxylic acids is 1. The Hall–Kier alpha value is -2.89. The summed E-state index contributed by atoms with van der Waals surface area (Å²) in [5.41, 5.74) is 10.7. The molecular formula is C23H26N2O3. The number of ether oxygens (including phenoxy) is 1. The smallest absolute Gasteiger partial charge is 0.241 e. The maximum absolute atomic E-state index is 10.8. The molecular weight excluding hydrogens is 352 g/mol. The lowest BCUT2D eigenvalue weighted by Gasteiger charge is -2.07. The maximum Gasteiger partial charge on any atom is 0.241 e. The van der Waals surface area contributed by atoms with Crippen LogP contribution in [-0.4, -0.2) is 29.2 Å². The number of aryl methyl sites for hydroxylation is 1. The van der Waals surface area contributed by atoms with E-state index in [1.54, 1.807) is 6.08 Å². The third-order valence-corrected chi connectivity index (χ3v) is 4.67. The molecule has 0 saturated carbocycles. The highest BCUT2D eigenvalue weighted by molar-refractivity contribution is 5.90. The van der Waals surface area contributed by atoms with Gasteiger partial charge in [-0.15, -0.1) is 0 Å². The van der Waals surface area contributed by atoms with E-state index in [9.17, 15) is 4.79 Å². The molecule has 0 saturated heterocycles. The van der Waals surface area contributed by atoms with Crippen LogP contribution in [0.3, 0.4) is 0 Å². The Morgan fingerprint density at radius 2 is 1.89 bits per heavy atom. The first-order valence-corrected chi connectivity index (χ1v) is 9.51. The van der Waals surface area contributed by atoms with Crippen LogP contribution in [0.15, 0.2) is 54.6 Å². The van der Waals surface area contributed by atoms with Gasteiger partial charge in [-0.05, 0) is 48.1 Å². The number of amides is 1. The molecule has 146 valence electrons. The number of aliphatic hydroxyl groups is 1. The maximum atomic E-state index is 10.8. The van der Waals surface area contributed by atoms with E-state index in [0.29, 0.717) is 13.2 Å². The minimum atomic E-state index is -0.456. The second kappa shape index (κ2) is 9.88. The molecule has 5 nitrogen and oxygen atoms in total. The number of aliphatic hydroxyl groups excluding tert-OH is 1. The molecule has 3 rings (SSSR count). The minimum absolute atomic E-state index is 0.190. The lowest BCUT2D eigenvalue weighted by atomic mass is 10.1. The van der Waals surface area contributed by atoms with E-state index >= 15 is 0 Å². The normalized spacial score (nSPS) is 11.5. The number of rotatable bonds is 10. The monoisotopic (exact) mass is 378 g/mol. The van der Waals surface area contributed by atoms with Crippen LogP contribution < -0.4 is 5.73 Å². The van der Waals surface area contributed by atoms with Crippen molar-refractivity contribution in [3.63, 3.8) is 0 Å². The first-order valence-electron chi connectivity index (χ1n) is 9.51. The van der Waals surface area contributed by atoms with E-state index in [2.05, 4.69) is 17.1 Å². The summed E-state index contributed by atoms with van der Waals surface area (Å²) in [5.74, 6) is -0.456. The minimum Gasteiger partial charge on any atom is -0.396 e. The molecule has 1 aromatic heterocycles. The molecule has 0 aliphatic heterocycles. The van der Waals surface area contributed by atoms with Gasteiger partial charge in [0, 0.05) is 29.3 Å². The van der Waals surface area contributed by atoms with Crippen LogP contribution in [0.1, 0.15) is 28.8 Å². The summed E-state index contributed by atoms with van der Waals surface area (Å²) in [5, 5.41) is 10.4. The summed E-state index contributed by atoms with van der Waals surface area (Å²) in [4.78, 5) is 14.3. The van der Waals surface area contributed by atoms with E-state index in [4.69, 9.17) is 15.6 Å². The zero-order valence-corrected chi connectivity index (χ0v) is 15.9. The Labute approximate surface area is 164 Å². The van der Waals surface area contributed by atoms with Crippen molar-refractivity contribution in [2.75, 3.05) is 13.2 Å². The van der Waals surface area contributed by atoms with E-state index in [-0.39, 0.29) is 6.61 Å². The van der Waals surface area contributed by atoms with Crippen molar-refractivity contribution in [2.24, 2.45) is 5.73 Å². The lowest BCUT2D eigenvalue weighted by molar-refractivity contribution is -0.113. The summed E-state index contributed by atoms with van der Waals surface area (Å²) >= 11 is 0. The third-order valence-electron chi connectivity index (χ3n) is 4.67. The van der Waals surface area contributed by atoms with E-state index in [0.717, 1.165) is 35.9 Å². The molecule has 0 spiro atoms. The van der Waals surface area contributed by atoms with E-state index in [1.165, 1.54) is 22.7 Å². The fraction of sp³-hybridized carbons (Fsp3) is 0.261. The average molecular weight is 378 g/mol. The van der Waals surface area contributed by atoms with Crippen molar-refractivity contribution < 1.29 is 14.6 Å². The standard InChI is InChI=1S/C23H26N2O3/c24-23(27)12-11-17-7-9-18(10-8-17)16-28-15-13-20-19-4-1-2-5-21(19)25-22(20)6-3-14-26/h1-2,4-5,7-12,25-26H,3,6,13-16H2,(H2,24,27)/b12-11+. The van der Waals surface area contributed by atoms with Gasteiger partial charge in [0.15, 0.2) is 0 Å². The largest absolute Gasteiger partial charge is 0.396 e. The number of nitrogens with two attached hydrogens (primary N) is 1. The Morgan fingerprint density at radius 1 is 1.11 bits per heavy atom. The number of hydrogen-bond donors (Lipinski definition) is 3. The second-order valence-electron chi connectivity index (χ2n) is 6.73. The number of para-hydroxylation sites is 1. The average Bonchev–Trinajstić information content (AvgIpc) is 3.06. The lowest BCUT2D eigenvalue weighted by Crippen LogP contribution is -2.05. The Kier molecular flexibility index (Phi) is 7.00. The molecule has 0 unspecified atom stereocenters. The van der Waals surface area contributed by atoms with Crippen molar-refractivity contribution in [1.29, 1.82) is 0 Å². The molecule has 0 fully saturated rings. The van der Waals surface area contributed by atoms with Gasteiger partial charge in [-0.2, -0.15) is 0 Å². The molecule has 1 amide bonds. The zero-order chi connectivity index (χ0) is 19.8. The van der Waals surface area contributed by atoms with Crippen molar-refractivity contribution in [1.82, 2.24) is 4.98 Å². The summed E-state index contributed by atoms with van der Waals surface area (Å²) < 4.78 is 5.88. The highest BCUT2D eigenvalue weighted by Gasteiger charge is 2.10. The highest BCUT2D eigenvalue weighted by atomic mass is 16.5. The van der Waals surface area contributed by atoms with Crippen LogP contribution in [0.5, 0.6) is 0 Å². The Morgan fingerprint density at radius 3 is 2.64 bits per heavy atom.